The fourth-order valence-electron chi connectivity index (χ4n) is 5.63. The summed E-state index contributed by atoms with van der Waals surface area (Å²) in [6.07, 6.45) is 11.3. The molecule has 4 aromatic heterocycles. The molecule has 1 aliphatic heterocycles. The van der Waals surface area contributed by atoms with E-state index in [1.54, 1.807) is 26.1 Å². The van der Waals surface area contributed by atoms with Crippen LogP contribution >= 0.6 is 0 Å². The number of hydrogen-bond acceptors (Lipinski definition) is 12. The van der Waals surface area contributed by atoms with Crippen LogP contribution in [0.1, 0.15) is 57.2 Å². The van der Waals surface area contributed by atoms with Crippen LogP contribution in [0.15, 0.2) is 43.2 Å². The normalized spacial score (nSPS) is 19.6. The fourth-order valence-corrected chi connectivity index (χ4v) is 5.63. The first-order valence-corrected chi connectivity index (χ1v) is 14.3. The summed E-state index contributed by atoms with van der Waals surface area (Å²) in [7, 11) is 0. The van der Waals surface area contributed by atoms with E-state index in [9.17, 15) is 20.3 Å². The van der Waals surface area contributed by atoms with E-state index in [0.29, 0.717) is 54.9 Å². The first-order valence-electron chi connectivity index (χ1n) is 14.3. The number of hydrogen-bond donors (Lipinski definition) is 2. The number of nitrogens with zero attached hydrogens (tertiary/aromatic N) is 8. The summed E-state index contributed by atoms with van der Waals surface area (Å²) in [5, 5.41) is 38.0. The van der Waals surface area contributed by atoms with Crippen LogP contribution in [0.2, 0.25) is 0 Å². The van der Waals surface area contributed by atoms with Gasteiger partial charge in [0.05, 0.1) is 42.8 Å². The van der Waals surface area contributed by atoms with Crippen LogP contribution in [-0.4, -0.2) is 76.8 Å². The van der Waals surface area contributed by atoms with Gasteiger partial charge >= 0.3 is 11.8 Å². The second-order valence-electron chi connectivity index (χ2n) is 11.1. The Balaban J connectivity index is 1.30. The fraction of sp³-hybridized carbons (Fsp3) is 0.500. The molecule has 2 aliphatic rings. The maximum Gasteiger partial charge on any atom is 0.361 e. The summed E-state index contributed by atoms with van der Waals surface area (Å²) in [5.74, 6) is -2.63. The topological polar surface area (TPSA) is 176 Å². The highest BCUT2D eigenvalue weighted by molar-refractivity contribution is 5.87. The third kappa shape index (κ3) is 5.96. The number of morpholine rings is 1. The van der Waals surface area contributed by atoms with Gasteiger partial charge in [-0.1, -0.05) is 5.10 Å². The third-order valence-corrected chi connectivity index (χ3v) is 7.85. The summed E-state index contributed by atoms with van der Waals surface area (Å²) >= 11 is 0. The van der Waals surface area contributed by atoms with Gasteiger partial charge in [0.1, 0.15) is 23.7 Å². The summed E-state index contributed by atoms with van der Waals surface area (Å²) in [6.45, 7) is 5.91. The molecule has 5 heterocycles. The quantitative estimate of drug-likeness (QED) is 0.165. The highest BCUT2D eigenvalue weighted by Gasteiger charge is 2.41. The Morgan fingerprint density at radius 3 is 2.58 bits per heavy atom. The molecule has 0 radical (unpaired) electrons. The molecule has 1 aliphatic carbocycles. The zero-order chi connectivity index (χ0) is 30.1. The molecule has 6 rings (SSSR count). The van der Waals surface area contributed by atoms with Crippen LogP contribution < -0.4 is 14.4 Å². The van der Waals surface area contributed by atoms with Gasteiger partial charge < -0.3 is 44.0 Å². The van der Waals surface area contributed by atoms with E-state index in [-0.39, 0.29) is 11.9 Å². The Labute approximate surface area is 246 Å². The Kier molecular flexibility index (Phi) is 7.85. The van der Waals surface area contributed by atoms with Crippen LogP contribution in [0, 0.1) is 10.1 Å². The summed E-state index contributed by atoms with van der Waals surface area (Å²) in [5.41, 5.74) is 0.0734. The minimum absolute atomic E-state index is 0.0429. The lowest BCUT2D eigenvalue weighted by Gasteiger charge is -2.31. The second-order valence-corrected chi connectivity index (χ2v) is 11.1. The molecule has 228 valence electrons. The van der Waals surface area contributed by atoms with Crippen molar-refractivity contribution in [1.82, 2.24) is 29.3 Å². The van der Waals surface area contributed by atoms with Gasteiger partial charge in [-0.2, -0.15) is 4.98 Å². The smallest absolute Gasteiger partial charge is 0.361 e. The number of imidazole rings is 1. The van der Waals surface area contributed by atoms with Crippen molar-refractivity contribution in [3.8, 4) is 11.6 Å². The van der Waals surface area contributed by atoms with Crippen LogP contribution in [0.3, 0.4) is 0 Å². The molecule has 0 bridgehead atoms. The average molecular weight is 595 g/mol. The number of aliphatic hydroxyl groups is 2. The van der Waals surface area contributed by atoms with Crippen molar-refractivity contribution in [2.24, 2.45) is 0 Å². The van der Waals surface area contributed by atoms with E-state index in [2.05, 4.69) is 24.5 Å². The van der Waals surface area contributed by atoms with Gasteiger partial charge in [-0.05, 0) is 50.5 Å². The van der Waals surface area contributed by atoms with Crippen molar-refractivity contribution in [3.63, 3.8) is 0 Å². The third-order valence-electron chi connectivity index (χ3n) is 7.85. The lowest BCUT2D eigenvalue weighted by Crippen LogP contribution is -2.36. The number of anilines is 1. The molecule has 0 aromatic carbocycles. The highest BCUT2D eigenvalue weighted by atomic mass is 16.8. The van der Waals surface area contributed by atoms with Crippen LogP contribution in [0.5, 0.6) is 11.6 Å². The standard InChI is InChI=1S/C28H34N8O7/c1-18(2)35-27(36(39)40)23(16-31-35)28(37,38)43-21-13-22-24(30-15-21)14-25(33-9-11-41-12-10-33)32-26(22)42-20-5-3-19(4-6-20)34-8-7-29-17-34/h7-8,13-20,37-38H,3-6,9-12H2,1-2H3. The molecule has 2 fully saturated rings. The molecule has 0 atom stereocenters. The molecule has 15 heteroatoms. The van der Waals surface area contributed by atoms with Gasteiger partial charge in [-0.15, -0.1) is 4.68 Å². The predicted molar refractivity (Wildman–Crippen MR) is 153 cm³/mol. The van der Waals surface area contributed by atoms with Crippen molar-refractivity contribution in [1.29, 1.82) is 0 Å². The molecule has 2 N–H and O–H groups in total. The molecule has 1 saturated heterocycles. The second kappa shape index (κ2) is 11.7. The summed E-state index contributed by atoms with van der Waals surface area (Å²) in [6, 6.07) is 3.36. The minimum atomic E-state index is -3.06. The van der Waals surface area contributed by atoms with E-state index in [4.69, 9.17) is 19.2 Å². The predicted octanol–water partition coefficient (Wildman–Crippen LogP) is 3.09. The van der Waals surface area contributed by atoms with Gasteiger partial charge in [-0.3, -0.25) is 4.98 Å². The lowest BCUT2D eigenvalue weighted by atomic mass is 9.93. The number of fused-ring (bicyclic) bond motifs is 1. The average Bonchev–Trinajstić information content (AvgIpc) is 3.70. The van der Waals surface area contributed by atoms with E-state index >= 15 is 0 Å². The van der Waals surface area contributed by atoms with E-state index in [1.165, 1.54) is 6.20 Å². The minimum Gasteiger partial charge on any atom is -0.474 e. The molecule has 4 aromatic rings. The largest absolute Gasteiger partial charge is 0.474 e. The van der Waals surface area contributed by atoms with Crippen molar-refractivity contribution < 1.29 is 29.3 Å². The molecule has 43 heavy (non-hydrogen) atoms. The lowest BCUT2D eigenvalue weighted by molar-refractivity contribution is -0.400. The number of rotatable bonds is 9. The molecular formula is C28H34N8O7. The zero-order valence-corrected chi connectivity index (χ0v) is 23.9. The number of nitro groups is 1. The Morgan fingerprint density at radius 2 is 1.91 bits per heavy atom. The molecule has 1 saturated carbocycles. The molecular weight excluding hydrogens is 560 g/mol. The van der Waals surface area contributed by atoms with Gasteiger partial charge in [0.2, 0.25) is 5.88 Å². The Hall–Kier alpha value is -4.34. The molecule has 0 unspecified atom stereocenters. The van der Waals surface area contributed by atoms with E-state index in [0.717, 1.165) is 36.6 Å². The van der Waals surface area contributed by atoms with Crippen LogP contribution in [-0.2, 0) is 10.7 Å². The van der Waals surface area contributed by atoms with Gasteiger partial charge in [-0.25, -0.2) is 4.98 Å². The number of ether oxygens (including phenoxy) is 3. The van der Waals surface area contributed by atoms with Crippen molar-refractivity contribution in [3.05, 3.63) is 58.9 Å². The summed E-state index contributed by atoms with van der Waals surface area (Å²) < 4.78 is 20.7. The molecule has 0 amide bonds. The van der Waals surface area contributed by atoms with E-state index < -0.39 is 28.3 Å². The van der Waals surface area contributed by atoms with Gasteiger partial charge in [0, 0.05) is 37.6 Å². The SMILES string of the molecule is CC(C)n1ncc(C(O)(O)Oc2cnc3cc(N4CCOCC4)nc(OC4CCC(n5ccnc5)CC4)c3c2)c1[N+](=O)[O-]. The van der Waals surface area contributed by atoms with Gasteiger partial charge in [0.15, 0.2) is 5.56 Å². The Bertz CT molecular complexity index is 1580. The maximum atomic E-state index is 11.8. The van der Waals surface area contributed by atoms with Crippen molar-refractivity contribution in [2.45, 2.75) is 63.7 Å². The summed E-state index contributed by atoms with van der Waals surface area (Å²) in [4.78, 5) is 26.7. The van der Waals surface area contributed by atoms with Crippen molar-refractivity contribution >= 4 is 22.5 Å². The zero-order valence-electron chi connectivity index (χ0n) is 23.9. The number of aromatic nitrogens is 6. The van der Waals surface area contributed by atoms with Gasteiger partial charge in [0.25, 0.3) is 0 Å². The molecule has 0 spiro atoms. The first-order chi connectivity index (χ1) is 20.7. The van der Waals surface area contributed by atoms with Crippen LogP contribution in [0.25, 0.3) is 10.9 Å². The first kappa shape index (κ1) is 28.8. The van der Waals surface area contributed by atoms with Crippen LogP contribution in [0.4, 0.5) is 11.6 Å². The number of pyridine rings is 2. The van der Waals surface area contributed by atoms with Crippen molar-refractivity contribution in [2.75, 3.05) is 31.2 Å². The Morgan fingerprint density at radius 1 is 1.14 bits per heavy atom. The van der Waals surface area contributed by atoms with E-state index in [1.807, 2.05) is 18.6 Å². The monoisotopic (exact) mass is 594 g/mol. The highest BCUT2D eigenvalue weighted by Crippen LogP contribution is 2.37. The maximum absolute atomic E-state index is 11.8. The molecule has 15 nitrogen and oxygen atoms in total.